The van der Waals surface area contributed by atoms with E-state index in [4.69, 9.17) is 25.8 Å². The maximum absolute atomic E-state index is 13.5. The summed E-state index contributed by atoms with van der Waals surface area (Å²) in [6.45, 7) is -0.167. The van der Waals surface area contributed by atoms with Crippen molar-refractivity contribution in [3.05, 3.63) is 77.3 Å². The smallest absolute Gasteiger partial charge is 0.264 e. The number of ether oxygens (including phenoxy) is 3. The number of nitrogens with one attached hydrogen (secondary N) is 1. The Balaban J connectivity index is 1.81. The fraction of sp³-hybridized carbons (Fsp3) is 0.240. The number of carbonyl (C=O) groups excluding carboxylic acids is 1. The number of anilines is 1. The van der Waals surface area contributed by atoms with Crippen LogP contribution in [0, 0.1) is 0 Å². The van der Waals surface area contributed by atoms with Gasteiger partial charge in [-0.05, 0) is 54.4 Å². The zero-order chi connectivity index (χ0) is 25.4. The highest BCUT2D eigenvalue weighted by Crippen LogP contribution is 2.34. The van der Waals surface area contributed by atoms with Crippen LogP contribution in [0.3, 0.4) is 0 Å². The lowest BCUT2D eigenvalue weighted by atomic mass is 10.1. The van der Waals surface area contributed by atoms with Crippen LogP contribution in [0.25, 0.3) is 0 Å². The van der Waals surface area contributed by atoms with E-state index < -0.39 is 22.5 Å². The van der Waals surface area contributed by atoms with Gasteiger partial charge in [-0.25, -0.2) is 8.42 Å². The number of hydrogen-bond donors (Lipinski definition) is 1. The fourth-order valence-corrected chi connectivity index (χ4v) is 5.06. The van der Waals surface area contributed by atoms with Crippen LogP contribution in [0.1, 0.15) is 5.56 Å². The molecule has 3 aromatic carbocycles. The van der Waals surface area contributed by atoms with E-state index in [1.165, 1.54) is 25.3 Å². The van der Waals surface area contributed by atoms with Gasteiger partial charge in [0.05, 0.1) is 31.9 Å². The lowest BCUT2D eigenvalue weighted by molar-refractivity contribution is -0.119. The van der Waals surface area contributed by atoms with E-state index in [-0.39, 0.29) is 16.3 Å². The van der Waals surface area contributed by atoms with Crippen molar-refractivity contribution >= 4 is 33.2 Å². The molecule has 0 saturated heterocycles. The van der Waals surface area contributed by atoms with Crippen LogP contribution in [0.5, 0.6) is 17.2 Å². The summed E-state index contributed by atoms with van der Waals surface area (Å²) in [5.41, 5.74) is 1.09. The Morgan fingerprint density at radius 1 is 0.886 bits per heavy atom. The molecule has 0 heterocycles. The minimum atomic E-state index is -4.09. The van der Waals surface area contributed by atoms with Crippen molar-refractivity contribution in [2.45, 2.75) is 11.3 Å². The van der Waals surface area contributed by atoms with E-state index in [0.717, 1.165) is 9.87 Å². The van der Waals surface area contributed by atoms with Gasteiger partial charge in [0.25, 0.3) is 10.0 Å². The number of methoxy groups -OCH3 is 3. The molecule has 3 aromatic rings. The number of rotatable bonds is 11. The Hall–Kier alpha value is -3.43. The molecule has 0 aliphatic rings. The number of carbonyl (C=O) groups is 1. The van der Waals surface area contributed by atoms with Crippen molar-refractivity contribution in [1.29, 1.82) is 0 Å². The minimum absolute atomic E-state index is 0.0418. The molecule has 0 bridgehead atoms. The number of hydrogen-bond acceptors (Lipinski definition) is 6. The Morgan fingerprint density at radius 3 is 2.20 bits per heavy atom. The molecule has 0 aromatic heterocycles. The zero-order valence-corrected chi connectivity index (χ0v) is 21.2. The maximum atomic E-state index is 13.5. The first-order valence-electron chi connectivity index (χ1n) is 10.7. The van der Waals surface area contributed by atoms with Crippen LogP contribution >= 0.6 is 11.6 Å². The molecular weight excluding hydrogens is 492 g/mol. The van der Waals surface area contributed by atoms with E-state index in [1.807, 2.05) is 12.1 Å². The second kappa shape index (κ2) is 11.8. The number of sulfonamides is 1. The van der Waals surface area contributed by atoms with Gasteiger partial charge < -0.3 is 19.5 Å². The molecule has 0 unspecified atom stereocenters. The van der Waals surface area contributed by atoms with Crippen molar-refractivity contribution in [2.75, 3.05) is 38.7 Å². The third kappa shape index (κ3) is 6.37. The summed E-state index contributed by atoms with van der Waals surface area (Å²) >= 11 is 6.15. The highest BCUT2D eigenvalue weighted by Gasteiger charge is 2.29. The molecule has 1 amide bonds. The summed E-state index contributed by atoms with van der Waals surface area (Å²) in [5.74, 6) is 0.987. The number of halogens is 1. The minimum Gasteiger partial charge on any atom is -0.495 e. The molecule has 3 rings (SSSR count). The topological polar surface area (TPSA) is 94.2 Å². The molecule has 0 aliphatic heterocycles. The van der Waals surface area contributed by atoms with Crippen molar-refractivity contribution in [3.8, 4) is 17.2 Å². The average molecular weight is 519 g/mol. The van der Waals surface area contributed by atoms with Crippen LogP contribution in [-0.4, -0.2) is 48.7 Å². The lowest BCUT2D eigenvalue weighted by Crippen LogP contribution is -2.41. The average Bonchev–Trinajstić information content (AvgIpc) is 2.87. The molecule has 186 valence electrons. The summed E-state index contributed by atoms with van der Waals surface area (Å²) in [4.78, 5) is 12.9. The number of nitrogens with zero attached hydrogens (tertiary/aromatic N) is 1. The number of benzene rings is 3. The Kier molecular flexibility index (Phi) is 8.84. The van der Waals surface area contributed by atoms with E-state index in [2.05, 4.69) is 5.32 Å². The third-order valence-electron chi connectivity index (χ3n) is 5.21. The molecule has 0 atom stereocenters. The predicted octanol–water partition coefficient (Wildman–Crippen LogP) is 3.92. The maximum Gasteiger partial charge on any atom is 0.264 e. The van der Waals surface area contributed by atoms with Crippen LogP contribution in [0.4, 0.5) is 5.69 Å². The molecular formula is C25H27ClN2O6S. The molecule has 0 fully saturated rings. The monoisotopic (exact) mass is 518 g/mol. The van der Waals surface area contributed by atoms with Gasteiger partial charge in [-0.1, -0.05) is 35.9 Å². The van der Waals surface area contributed by atoms with Crippen molar-refractivity contribution in [1.82, 2.24) is 5.32 Å². The predicted molar refractivity (Wildman–Crippen MR) is 135 cm³/mol. The summed E-state index contributed by atoms with van der Waals surface area (Å²) in [6, 6.07) is 18.0. The second-order valence-corrected chi connectivity index (χ2v) is 9.73. The van der Waals surface area contributed by atoms with Gasteiger partial charge in [0.15, 0.2) is 11.5 Å². The molecule has 0 spiro atoms. The first-order valence-corrected chi connectivity index (χ1v) is 12.5. The van der Waals surface area contributed by atoms with Gasteiger partial charge in [0.2, 0.25) is 5.91 Å². The van der Waals surface area contributed by atoms with Crippen LogP contribution in [0.2, 0.25) is 5.02 Å². The summed E-state index contributed by atoms with van der Waals surface area (Å²) in [7, 11) is 0.439. The lowest BCUT2D eigenvalue weighted by Gasteiger charge is -2.26. The standard InChI is InChI=1S/C25H27ClN2O6S/c1-32-22-12-10-19(26)16-21(22)28(35(30,31)20-7-5-4-6-8-20)17-25(29)27-14-13-18-9-11-23(33-2)24(15-18)34-3/h4-12,15-16H,13-14,17H2,1-3H3,(H,27,29). The first-order chi connectivity index (χ1) is 16.8. The number of amides is 1. The van der Waals surface area contributed by atoms with Gasteiger partial charge in [0, 0.05) is 11.6 Å². The Bertz CT molecular complexity index is 1270. The van der Waals surface area contributed by atoms with Crippen molar-refractivity contribution in [2.24, 2.45) is 0 Å². The summed E-state index contributed by atoms with van der Waals surface area (Å²) < 4.78 is 43.9. The van der Waals surface area contributed by atoms with Crippen LogP contribution in [0.15, 0.2) is 71.6 Å². The Morgan fingerprint density at radius 2 is 1.54 bits per heavy atom. The molecule has 10 heteroatoms. The molecule has 1 N–H and O–H groups in total. The largest absolute Gasteiger partial charge is 0.495 e. The Labute approximate surface area is 210 Å². The van der Waals surface area contributed by atoms with Crippen molar-refractivity contribution < 1.29 is 27.4 Å². The third-order valence-corrected chi connectivity index (χ3v) is 7.22. The van der Waals surface area contributed by atoms with E-state index in [9.17, 15) is 13.2 Å². The molecule has 0 saturated carbocycles. The zero-order valence-electron chi connectivity index (χ0n) is 19.7. The van der Waals surface area contributed by atoms with Crippen LogP contribution < -0.4 is 23.8 Å². The van der Waals surface area contributed by atoms with Gasteiger partial charge in [-0.2, -0.15) is 0 Å². The van der Waals surface area contributed by atoms with E-state index in [0.29, 0.717) is 29.5 Å². The normalized spacial score (nSPS) is 11.0. The molecule has 0 radical (unpaired) electrons. The highest BCUT2D eigenvalue weighted by atomic mass is 35.5. The summed E-state index contributed by atoms with van der Waals surface area (Å²) in [5, 5.41) is 3.09. The van der Waals surface area contributed by atoms with Crippen LogP contribution in [-0.2, 0) is 21.2 Å². The molecule has 0 aliphatic carbocycles. The first kappa shape index (κ1) is 26.2. The molecule has 35 heavy (non-hydrogen) atoms. The highest BCUT2D eigenvalue weighted by molar-refractivity contribution is 7.92. The van der Waals surface area contributed by atoms with Gasteiger partial charge in [-0.15, -0.1) is 0 Å². The van der Waals surface area contributed by atoms with Gasteiger partial charge in [-0.3, -0.25) is 9.10 Å². The van der Waals surface area contributed by atoms with E-state index >= 15 is 0 Å². The van der Waals surface area contributed by atoms with Gasteiger partial charge >= 0.3 is 0 Å². The quantitative estimate of drug-likeness (QED) is 0.413. The van der Waals surface area contributed by atoms with E-state index in [1.54, 1.807) is 50.6 Å². The SMILES string of the molecule is COc1ccc(CCNC(=O)CN(c2cc(Cl)ccc2OC)S(=O)(=O)c2ccccc2)cc1OC. The molecule has 8 nitrogen and oxygen atoms in total. The fourth-order valence-electron chi connectivity index (χ4n) is 3.45. The summed E-state index contributed by atoms with van der Waals surface area (Å²) in [6.07, 6.45) is 0.512. The second-order valence-electron chi connectivity index (χ2n) is 7.43. The van der Waals surface area contributed by atoms with Gasteiger partial charge in [0.1, 0.15) is 12.3 Å². The van der Waals surface area contributed by atoms with Crippen molar-refractivity contribution in [3.63, 3.8) is 0 Å².